The van der Waals surface area contributed by atoms with Crippen LogP contribution in [0, 0.1) is 0 Å². The third-order valence-electron chi connectivity index (χ3n) is 4.11. The molecule has 1 saturated carbocycles. The molecule has 0 radical (unpaired) electrons. The highest BCUT2D eigenvalue weighted by Crippen LogP contribution is 2.28. The predicted molar refractivity (Wildman–Crippen MR) is 82.4 cm³/mol. The molecule has 108 valence electrons. The van der Waals surface area contributed by atoms with Gasteiger partial charge in [0.2, 0.25) is 0 Å². The Morgan fingerprint density at radius 1 is 1.35 bits per heavy atom. The van der Waals surface area contributed by atoms with Crippen molar-refractivity contribution in [3.63, 3.8) is 0 Å². The maximum absolute atomic E-state index is 5.68. The van der Waals surface area contributed by atoms with Gasteiger partial charge in [-0.3, -0.25) is 16.0 Å². The second kappa shape index (κ2) is 6.52. The van der Waals surface area contributed by atoms with Crippen LogP contribution < -0.4 is 11.3 Å². The number of hydrogen-bond acceptors (Lipinski definition) is 4. The number of rotatable bonds is 5. The van der Waals surface area contributed by atoms with E-state index in [1.807, 2.05) is 0 Å². The maximum atomic E-state index is 5.68. The molecule has 5 heteroatoms. The number of hydrogen-bond donors (Lipinski definition) is 2. The minimum atomic E-state index is 0.157. The van der Waals surface area contributed by atoms with Crippen molar-refractivity contribution in [3.05, 3.63) is 40.3 Å². The first-order chi connectivity index (χ1) is 9.86. The highest BCUT2D eigenvalue weighted by molar-refractivity contribution is 7.10. The summed E-state index contributed by atoms with van der Waals surface area (Å²) in [6.07, 6.45) is 9.56. The van der Waals surface area contributed by atoms with Crippen LogP contribution in [0.4, 0.5) is 0 Å². The molecule has 0 aromatic carbocycles. The molecular weight excluding hydrogens is 268 g/mol. The molecule has 3 rings (SSSR count). The number of aromatic nitrogens is 2. The minimum Gasteiger partial charge on any atom is -0.271 e. The lowest BCUT2D eigenvalue weighted by Gasteiger charge is -2.21. The fourth-order valence-electron chi connectivity index (χ4n) is 2.98. The van der Waals surface area contributed by atoms with Crippen molar-refractivity contribution in [1.29, 1.82) is 0 Å². The van der Waals surface area contributed by atoms with Gasteiger partial charge in [0.25, 0.3) is 0 Å². The van der Waals surface area contributed by atoms with Crippen LogP contribution in [0.3, 0.4) is 0 Å². The Morgan fingerprint density at radius 3 is 2.90 bits per heavy atom. The Labute approximate surface area is 124 Å². The second-order valence-corrected chi connectivity index (χ2v) is 6.50. The zero-order valence-electron chi connectivity index (χ0n) is 11.7. The topological polar surface area (TPSA) is 55.9 Å². The van der Waals surface area contributed by atoms with Crippen molar-refractivity contribution >= 4 is 11.3 Å². The lowest BCUT2D eigenvalue weighted by molar-refractivity contribution is 0.327. The van der Waals surface area contributed by atoms with Crippen molar-refractivity contribution in [2.45, 2.75) is 50.6 Å². The van der Waals surface area contributed by atoms with E-state index in [-0.39, 0.29) is 6.04 Å². The molecule has 0 spiro atoms. The van der Waals surface area contributed by atoms with Crippen LogP contribution in [0.15, 0.2) is 29.8 Å². The van der Waals surface area contributed by atoms with Gasteiger partial charge in [-0.2, -0.15) is 5.10 Å². The monoisotopic (exact) mass is 290 g/mol. The number of nitrogens with two attached hydrogens (primary N) is 1. The molecule has 2 aromatic heterocycles. The van der Waals surface area contributed by atoms with Crippen LogP contribution in [-0.4, -0.2) is 9.78 Å². The number of thiophene rings is 1. The van der Waals surface area contributed by atoms with Crippen LogP contribution >= 0.6 is 11.3 Å². The Morgan fingerprint density at radius 2 is 2.20 bits per heavy atom. The van der Waals surface area contributed by atoms with Crippen LogP contribution in [0.25, 0.3) is 0 Å². The van der Waals surface area contributed by atoms with E-state index in [0.717, 1.165) is 12.1 Å². The average Bonchev–Trinajstić information content (AvgIpc) is 3.17. The van der Waals surface area contributed by atoms with E-state index in [0.29, 0.717) is 6.04 Å². The summed E-state index contributed by atoms with van der Waals surface area (Å²) in [4.78, 5) is 1.26. The molecule has 0 amide bonds. The van der Waals surface area contributed by atoms with Crippen LogP contribution in [0.5, 0.6) is 0 Å². The Balaban J connectivity index is 1.67. The van der Waals surface area contributed by atoms with Gasteiger partial charge in [0.05, 0.1) is 17.8 Å². The van der Waals surface area contributed by atoms with Crippen LogP contribution in [-0.2, 0) is 6.42 Å². The fourth-order valence-corrected chi connectivity index (χ4v) is 3.76. The summed E-state index contributed by atoms with van der Waals surface area (Å²) < 4.78 is 2.16. The highest BCUT2D eigenvalue weighted by atomic mass is 32.1. The third-order valence-corrected chi connectivity index (χ3v) is 5.10. The fraction of sp³-hybridized carbons (Fsp3) is 0.533. The minimum absolute atomic E-state index is 0.157. The third kappa shape index (κ3) is 3.11. The smallest absolute Gasteiger partial charge is 0.0644 e. The van der Waals surface area contributed by atoms with Crippen molar-refractivity contribution in [1.82, 2.24) is 15.2 Å². The summed E-state index contributed by atoms with van der Waals surface area (Å²) in [6.45, 7) is 0. The molecule has 3 N–H and O–H groups in total. The predicted octanol–water partition coefficient (Wildman–Crippen LogP) is 3.20. The van der Waals surface area contributed by atoms with E-state index < -0.39 is 0 Å². The van der Waals surface area contributed by atoms with Crippen LogP contribution in [0.1, 0.15) is 54.8 Å². The number of hydrazine groups is 1. The van der Waals surface area contributed by atoms with Gasteiger partial charge >= 0.3 is 0 Å². The first kappa shape index (κ1) is 13.8. The molecule has 2 aromatic rings. The van der Waals surface area contributed by atoms with E-state index in [1.165, 1.54) is 37.0 Å². The van der Waals surface area contributed by atoms with Gasteiger partial charge in [-0.25, -0.2) is 0 Å². The largest absolute Gasteiger partial charge is 0.271 e. The van der Waals surface area contributed by atoms with E-state index in [1.54, 1.807) is 11.3 Å². The first-order valence-corrected chi connectivity index (χ1v) is 8.28. The molecule has 1 aliphatic rings. The van der Waals surface area contributed by atoms with Crippen LogP contribution in [0.2, 0.25) is 0 Å². The molecule has 0 aliphatic heterocycles. The summed E-state index contributed by atoms with van der Waals surface area (Å²) in [5.74, 6) is 5.68. The maximum Gasteiger partial charge on any atom is 0.0644 e. The molecule has 0 saturated heterocycles. The van der Waals surface area contributed by atoms with Crippen molar-refractivity contribution < 1.29 is 0 Å². The van der Waals surface area contributed by atoms with Crippen molar-refractivity contribution in [3.8, 4) is 0 Å². The molecule has 0 bridgehead atoms. The molecule has 1 atom stereocenters. The molecule has 4 nitrogen and oxygen atoms in total. The van der Waals surface area contributed by atoms with Gasteiger partial charge in [-0.05, 0) is 30.4 Å². The van der Waals surface area contributed by atoms with Gasteiger partial charge in [-0.15, -0.1) is 11.3 Å². The van der Waals surface area contributed by atoms with E-state index in [2.05, 4.69) is 39.9 Å². The molecule has 20 heavy (non-hydrogen) atoms. The quantitative estimate of drug-likeness (QED) is 0.657. The second-order valence-electron chi connectivity index (χ2n) is 5.52. The lowest BCUT2D eigenvalue weighted by atomic mass is 9.96. The number of nitrogens with zero attached hydrogens (tertiary/aromatic N) is 2. The Hall–Kier alpha value is -1.17. The summed E-state index contributed by atoms with van der Waals surface area (Å²) in [7, 11) is 0. The Kier molecular flexibility index (Phi) is 4.50. The summed E-state index contributed by atoms with van der Waals surface area (Å²) in [5, 5.41) is 6.84. The summed E-state index contributed by atoms with van der Waals surface area (Å²) in [5.41, 5.74) is 4.02. The standard InChI is InChI=1S/C15H22N4S/c16-17-14(15-7-4-10-20-15)11-12-8-9-19(18-12)13-5-2-1-3-6-13/h4,7-10,13-14,17H,1-3,5-6,11,16H2. The van der Waals surface area contributed by atoms with Gasteiger partial charge in [-0.1, -0.05) is 25.3 Å². The first-order valence-electron chi connectivity index (χ1n) is 7.40. The van der Waals surface area contributed by atoms with Crippen molar-refractivity contribution in [2.75, 3.05) is 0 Å². The van der Waals surface area contributed by atoms with E-state index >= 15 is 0 Å². The molecule has 2 heterocycles. The molecular formula is C15H22N4S. The lowest BCUT2D eigenvalue weighted by Crippen LogP contribution is -2.29. The normalized spacial score (nSPS) is 18.2. The average molecular weight is 290 g/mol. The van der Waals surface area contributed by atoms with Gasteiger partial charge in [0.1, 0.15) is 0 Å². The summed E-state index contributed by atoms with van der Waals surface area (Å²) in [6, 6.07) is 7.07. The molecule has 1 aliphatic carbocycles. The zero-order valence-corrected chi connectivity index (χ0v) is 12.5. The molecule has 1 unspecified atom stereocenters. The van der Waals surface area contributed by atoms with Crippen molar-refractivity contribution in [2.24, 2.45) is 5.84 Å². The van der Waals surface area contributed by atoms with E-state index in [4.69, 9.17) is 10.9 Å². The number of nitrogens with one attached hydrogen (secondary N) is 1. The van der Waals surface area contributed by atoms with E-state index in [9.17, 15) is 0 Å². The van der Waals surface area contributed by atoms with Gasteiger partial charge in [0, 0.05) is 17.5 Å². The highest BCUT2D eigenvalue weighted by Gasteiger charge is 2.18. The Bertz CT molecular complexity index is 514. The van der Waals surface area contributed by atoms with Gasteiger partial charge < -0.3 is 0 Å². The van der Waals surface area contributed by atoms with Gasteiger partial charge in [0.15, 0.2) is 0 Å². The zero-order chi connectivity index (χ0) is 13.8. The molecule has 1 fully saturated rings. The SMILES string of the molecule is NNC(Cc1ccn(C2CCCCC2)n1)c1cccs1. The summed E-state index contributed by atoms with van der Waals surface area (Å²) >= 11 is 1.73.